The van der Waals surface area contributed by atoms with Crippen LogP contribution in [-0.4, -0.2) is 64.5 Å². The number of fused-ring (bicyclic) bond motifs is 2. The first-order chi connectivity index (χ1) is 21.1. The summed E-state index contributed by atoms with van der Waals surface area (Å²) in [6.45, 7) is 5.53. The predicted molar refractivity (Wildman–Crippen MR) is 162 cm³/mol. The second kappa shape index (κ2) is 13.7. The maximum atomic E-state index is 14.0. The number of anilines is 1. The van der Waals surface area contributed by atoms with Gasteiger partial charge < -0.3 is 38.5 Å². The zero-order valence-electron chi connectivity index (χ0n) is 24.6. The molecule has 0 saturated heterocycles. The van der Waals surface area contributed by atoms with Gasteiger partial charge in [-0.15, -0.1) is 0 Å². The Bertz CT molecular complexity index is 1670. The third-order valence-electron chi connectivity index (χ3n) is 6.15. The second-order valence-corrected chi connectivity index (χ2v) is 13.0. The highest BCUT2D eigenvalue weighted by Gasteiger charge is 2.32. The molecule has 0 radical (unpaired) electrons. The number of hydrogen-bond donors (Lipinski definition) is 2. The van der Waals surface area contributed by atoms with Gasteiger partial charge in [0.2, 0.25) is 12.7 Å². The van der Waals surface area contributed by atoms with E-state index in [1.54, 1.807) is 57.0 Å². The average Bonchev–Trinajstić information content (AvgIpc) is 3.62. The third kappa shape index (κ3) is 7.72. The number of benzene rings is 2. The zero-order chi connectivity index (χ0) is 31.3. The molecule has 0 amide bonds. The van der Waals surface area contributed by atoms with Crippen LogP contribution in [0.25, 0.3) is 11.2 Å². The molecule has 0 aliphatic carbocycles. The van der Waals surface area contributed by atoms with Gasteiger partial charge in [0.1, 0.15) is 34.4 Å². The standard InChI is InChI=1S/C28H33N6O8PS/c1-17(2)41-27(35)18(3)33-43(36,42-20-7-10-22-23(13-20)40-15-39-22)16-38-12-11-34-14-30-24-25(34)31-28(29)32-26(24)44-21-8-5-19(37-4)6-9-21/h5-10,13-14,17-18H,11-12,15-16H2,1-4H3,(H,33,36)(H2,29,31,32). The van der Waals surface area contributed by atoms with Gasteiger partial charge in [0.25, 0.3) is 0 Å². The van der Waals surface area contributed by atoms with Crippen LogP contribution in [0, 0.1) is 0 Å². The Morgan fingerprint density at radius 1 is 1.11 bits per heavy atom. The van der Waals surface area contributed by atoms with Crippen molar-refractivity contribution in [2.24, 2.45) is 0 Å². The van der Waals surface area contributed by atoms with Gasteiger partial charge >= 0.3 is 13.5 Å². The highest BCUT2D eigenvalue weighted by molar-refractivity contribution is 7.99. The van der Waals surface area contributed by atoms with Gasteiger partial charge in [-0.25, -0.2) is 15.1 Å². The molecule has 2 unspecified atom stereocenters. The van der Waals surface area contributed by atoms with Crippen LogP contribution < -0.4 is 29.6 Å². The Morgan fingerprint density at radius 3 is 2.61 bits per heavy atom. The molecule has 3 N–H and O–H groups in total. The molecule has 1 aliphatic heterocycles. The van der Waals surface area contributed by atoms with Crippen LogP contribution in [0.4, 0.5) is 5.95 Å². The van der Waals surface area contributed by atoms with E-state index in [4.69, 9.17) is 33.9 Å². The Hall–Kier alpha value is -4.04. The minimum absolute atomic E-state index is 0.0804. The predicted octanol–water partition coefficient (Wildman–Crippen LogP) is 4.47. The topological polar surface area (TPSA) is 171 Å². The van der Waals surface area contributed by atoms with Crippen LogP contribution in [0.3, 0.4) is 0 Å². The fraction of sp³-hybridized carbons (Fsp3) is 0.357. The number of rotatable bonds is 14. The number of ether oxygens (including phenoxy) is 5. The van der Waals surface area contributed by atoms with Crippen LogP contribution in [-0.2, 0) is 25.4 Å². The van der Waals surface area contributed by atoms with Crippen LogP contribution >= 0.6 is 19.3 Å². The van der Waals surface area contributed by atoms with E-state index >= 15 is 0 Å². The van der Waals surface area contributed by atoms with Gasteiger partial charge in [0, 0.05) is 17.5 Å². The normalized spacial score (nSPS) is 14.4. The summed E-state index contributed by atoms with van der Waals surface area (Å²) in [5, 5.41) is 3.38. The SMILES string of the molecule is COc1ccc(Sc2nc(N)nc3c2ncn3CCOCP(=O)(NC(C)C(=O)OC(C)C)Oc2ccc3c(c2)OCO3)cc1. The number of nitrogens with zero attached hydrogens (tertiary/aromatic N) is 4. The van der Waals surface area contributed by atoms with Crippen molar-refractivity contribution < 1.29 is 37.6 Å². The quantitative estimate of drug-likeness (QED) is 0.0852. The summed E-state index contributed by atoms with van der Waals surface area (Å²) in [7, 11) is -2.18. The summed E-state index contributed by atoms with van der Waals surface area (Å²) in [6, 6.07) is 11.4. The number of methoxy groups -OCH3 is 1. The van der Waals surface area contributed by atoms with Crippen LogP contribution in [0.15, 0.2) is 58.7 Å². The van der Waals surface area contributed by atoms with Gasteiger partial charge in [-0.1, -0.05) is 11.8 Å². The molecule has 44 heavy (non-hydrogen) atoms. The Labute approximate surface area is 258 Å². The average molecular weight is 645 g/mol. The number of hydrogen-bond acceptors (Lipinski definition) is 13. The molecular weight excluding hydrogens is 611 g/mol. The third-order valence-corrected chi connectivity index (χ3v) is 8.95. The van der Waals surface area contributed by atoms with E-state index in [2.05, 4.69) is 20.0 Å². The van der Waals surface area contributed by atoms with Crippen molar-refractivity contribution in [2.45, 2.75) is 49.4 Å². The number of imidazole rings is 1. The lowest BCUT2D eigenvalue weighted by molar-refractivity contribution is -0.149. The minimum Gasteiger partial charge on any atom is -0.497 e. The summed E-state index contributed by atoms with van der Waals surface area (Å²) < 4.78 is 48.6. The van der Waals surface area contributed by atoms with Gasteiger partial charge in [0.15, 0.2) is 17.1 Å². The van der Waals surface area contributed by atoms with Gasteiger partial charge in [0.05, 0.1) is 26.1 Å². The fourth-order valence-electron chi connectivity index (χ4n) is 4.15. The number of nitrogens with two attached hydrogens (primary N) is 1. The number of carbonyl (C=O) groups is 1. The van der Waals surface area contributed by atoms with Crippen molar-refractivity contribution in [3.8, 4) is 23.0 Å². The lowest BCUT2D eigenvalue weighted by Gasteiger charge is -2.24. The first kappa shape index (κ1) is 31.4. The maximum Gasteiger partial charge on any atom is 0.342 e. The van der Waals surface area contributed by atoms with Crippen molar-refractivity contribution >= 4 is 42.4 Å². The number of esters is 1. The monoisotopic (exact) mass is 644 g/mol. The molecule has 2 aromatic carbocycles. The fourth-order valence-corrected chi connectivity index (χ4v) is 6.72. The van der Waals surface area contributed by atoms with E-state index in [1.165, 1.54) is 11.8 Å². The Balaban J connectivity index is 1.27. The van der Waals surface area contributed by atoms with E-state index in [1.807, 2.05) is 24.3 Å². The van der Waals surface area contributed by atoms with Crippen LogP contribution in [0.1, 0.15) is 20.8 Å². The zero-order valence-corrected chi connectivity index (χ0v) is 26.3. The van der Waals surface area contributed by atoms with E-state index < -0.39 is 19.5 Å². The second-order valence-electron chi connectivity index (χ2n) is 9.93. The molecular formula is C28H33N6O8PS. The molecule has 1 aliphatic rings. The summed E-state index contributed by atoms with van der Waals surface area (Å²) in [5.41, 5.74) is 7.14. The van der Waals surface area contributed by atoms with Gasteiger partial charge in [-0.05, 0) is 57.2 Å². The molecule has 14 nitrogen and oxygen atoms in total. The van der Waals surface area contributed by atoms with E-state index in [9.17, 15) is 9.36 Å². The van der Waals surface area contributed by atoms with Crippen molar-refractivity contribution in [3.63, 3.8) is 0 Å². The summed E-state index contributed by atoms with van der Waals surface area (Å²) >= 11 is 1.41. The first-order valence-corrected chi connectivity index (χ1v) is 16.3. The molecule has 0 fully saturated rings. The van der Waals surface area contributed by atoms with E-state index in [0.717, 1.165) is 10.6 Å². The molecule has 2 aromatic heterocycles. The van der Waals surface area contributed by atoms with Crippen molar-refractivity contribution in [3.05, 3.63) is 48.8 Å². The number of nitrogen functional groups attached to an aromatic ring is 1. The molecule has 0 spiro atoms. The maximum absolute atomic E-state index is 14.0. The summed E-state index contributed by atoms with van der Waals surface area (Å²) in [4.78, 5) is 26.6. The Morgan fingerprint density at radius 2 is 1.86 bits per heavy atom. The smallest absolute Gasteiger partial charge is 0.342 e. The molecule has 3 heterocycles. The first-order valence-electron chi connectivity index (χ1n) is 13.7. The van der Waals surface area contributed by atoms with Gasteiger partial charge in [-0.2, -0.15) is 4.98 Å². The number of nitrogens with one attached hydrogen (secondary N) is 1. The molecule has 5 rings (SSSR count). The lowest BCUT2D eigenvalue weighted by atomic mass is 10.3. The van der Waals surface area contributed by atoms with Crippen molar-refractivity contribution in [1.29, 1.82) is 0 Å². The Kier molecular flexibility index (Phi) is 9.79. The molecule has 4 aromatic rings. The van der Waals surface area contributed by atoms with Gasteiger partial charge in [-0.3, -0.25) is 9.36 Å². The summed E-state index contributed by atoms with van der Waals surface area (Å²) in [5.74, 6) is 1.54. The lowest BCUT2D eigenvalue weighted by Crippen LogP contribution is -2.36. The minimum atomic E-state index is -3.79. The van der Waals surface area contributed by atoms with Crippen molar-refractivity contribution in [2.75, 3.05) is 32.6 Å². The molecule has 16 heteroatoms. The van der Waals surface area contributed by atoms with E-state index in [0.29, 0.717) is 34.2 Å². The highest BCUT2D eigenvalue weighted by Crippen LogP contribution is 2.46. The van der Waals surface area contributed by atoms with Crippen LogP contribution in [0.5, 0.6) is 23.0 Å². The van der Waals surface area contributed by atoms with Crippen LogP contribution in [0.2, 0.25) is 0 Å². The molecule has 0 bridgehead atoms. The molecule has 0 saturated carbocycles. The largest absolute Gasteiger partial charge is 0.497 e. The highest BCUT2D eigenvalue weighted by atomic mass is 32.2. The summed E-state index contributed by atoms with van der Waals surface area (Å²) in [6.07, 6.45) is 0.934. The number of carbonyl (C=O) groups excluding carboxylic acids is 1. The number of aromatic nitrogens is 4. The molecule has 2 atom stereocenters. The van der Waals surface area contributed by atoms with Crippen molar-refractivity contribution in [1.82, 2.24) is 24.6 Å². The molecule has 234 valence electrons. The van der Waals surface area contributed by atoms with E-state index in [-0.39, 0.29) is 37.5 Å².